The third-order valence-corrected chi connectivity index (χ3v) is 6.70. The average molecular weight is 440 g/mol. The number of hydrogen-bond acceptors (Lipinski definition) is 5. The molecule has 0 aliphatic rings. The number of methoxy groups -OCH3 is 1. The molecule has 0 fully saturated rings. The van der Waals surface area contributed by atoms with Gasteiger partial charge in [0.2, 0.25) is 0 Å². The Morgan fingerprint density at radius 1 is 0.839 bits per heavy atom. The summed E-state index contributed by atoms with van der Waals surface area (Å²) in [6.07, 6.45) is 0. The number of aryl methyl sites for hydroxylation is 3. The molecular weight excluding hydrogens is 414 g/mol. The molecule has 0 bridgehead atoms. The average Bonchev–Trinajstić information content (AvgIpc) is 2.75. The first-order chi connectivity index (χ1) is 14.7. The van der Waals surface area contributed by atoms with Gasteiger partial charge in [0.25, 0.3) is 15.9 Å². The van der Waals surface area contributed by atoms with Gasteiger partial charge in [0.15, 0.2) is 6.61 Å². The topological polar surface area (TPSA) is 72.9 Å². The lowest BCUT2D eigenvalue weighted by atomic mass is 10.1. The van der Waals surface area contributed by atoms with Gasteiger partial charge in [-0.2, -0.15) is 4.31 Å². The maximum atomic E-state index is 13.4. The van der Waals surface area contributed by atoms with Crippen LogP contribution in [-0.4, -0.2) is 28.0 Å². The van der Waals surface area contributed by atoms with Crippen LogP contribution in [0.5, 0.6) is 11.5 Å². The second-order valence-electron chi connectivity index (χ2n) is 7.21. The smallest absolute Gasteiger partial charge is 0.278 e. The van der Waals surface area contributed by atoms with Crippen molar-refractivity contribution in [2.75, 3.05) is 18.0 Å². The van der Waals surface area contributed by atoms with Crippen LogP contribution < -0.4 is 13.8 Å². The molecule has 0 radical (unpaired) electrons. The summed E-state index contributed by atoms with van der Waals surface area (Å²) in [7, 11) is -2.63. The zero-order valence-electron chi connectivity index (χ0n) is 18.0. The molecule has 0 heterocycles. The van der Waals surface area contributed by atoms with Crippen molar-refractivity contribution in [1.29, 1.82) is 0 Å². The molecule has 0 saturated carbocycles. The van der Waals surface area contributed by atoms with Crippen molar-refractivity contribution in [2.45, 2.75) is 25.7 Å². The van der Waals surface area contributed by atoms with E-state index in [0.29, 0.717) is 11.5 Å². The van der Waals surface area contributed by atoms with E-state index >= 15 is 0 Å². The van der Waals surface area contributed by atoms with E-state index in [1.165, 1.54) is 31.4 Å². The van der Waals surface area contributed by atoms with Gasteiger partial charge in [-0.1, -0.05) is 23.8 Å². The molecule has 7 heteroatoms. The summed E-state index contributed by atoms with van der Waals surface area (Å²) in [5.41, 5.74) is 3.24. The molecule has 3 aromatic rings. The van der Waals surface area contributed by atoms with Crippen LogP contribution in [0.25, 0.3) is 0 Å². The minimum atomic E-state index is -4.15. The Morgan fingerprint density at radius 3 is 2.03 bits per heavy atom. The normalized spacial score (nSPS) is 11.1. The number of anilines is 1. The van der Waals surface area contributed by atoms with Crippen molar-refractivity contribution in [3.8, 4) is 11.5 Å². The Bertz CT molecular complexity index is 1170. The first-order valence-electron chi connectivity index (χ1n) is 9.71. The van der Waals surface area contributed by atoms with Gasteiger partial charge in [0.05, 0.1) is 17.7 Å². The predicted molar refractivity (Wildman–Crippen MR) is 120 cm³/mol. The molecule has 0 unspecified atom stereocenters. The SMILES string of the molecule is COc1ccc(N(C(=O)COc2ccc(C)c(C)c2)S(=O)(=O)c2ccc(C)cc2)cc1. The molecular formula is C24H25NO5S. The highest BCUT2D eigenvalue weighted by atomic mass is 32.2. The van der Waals surface area contributed by atoms with Crippen molar-refractivity contribution in [3.63, 3.8) is 0 Å². The third kappa shape index (κ3) is 5.06. The number of ether oxygens (including phenoxy) is 2. The second-order valence-corrected chi connectivity index (χ2v) is 9.00. The Kier molecular flexibility index (Phi) is 6.65. The lowest BCUT2D eigenvalue weighted by Gasteiger charge is -2.23. The maximum Gasteiger partial charge on any atom is 0.278 e. The first kappa shape index (κ1) is 22.4. The zero-order valence-corrected chi connectivity index (χ0v) is 18.8. The molecule has 3 aromatic carbocycles. The molecule has 31 heavy (non-hydrogen) atoms. The molecule has 162 valence electrons. The van der Waals surface area contributed by atoms with E-state index in [2.05, 4.69) is 0 Å². The lowest BCUT2D eigenvalue weighted by molar-refractivity contribution is -0.119. The molecule has 0 aliphatic heterocycles. The predicted octanol–water partition coefficient (Wildman–Crippen LogP) is 4.42. The van der Waals surface area contributed by atoms with Crippen LogP contribution in [0, 0.1) is 20.8 Å². The number of hydrogen-bond donors (Lipinski definition) is 0. The van der Waals surface area contributed by atoms with Gasteiger partial charge in [0, 0.05) is 0 Å². The van der Waals surface area contributed by atoms with Gasteiger partial charge in [0.1, 0.15) is 11.5 Å². The van der Waals surface area contributed by atoms with Gasteiger partial charge in [-0.25, -0.2) is 8.42 Å². The van der Waals surface area contributed by atoms with Gasteiger partial charge in [-0.15, -0.1) is 0 Å². The molecule has 0 aliphatic carbocycles. The molecule has 3 rings (SSSR count). The van der Waals surface area contributed by atoms with Crippen molar-refractivity contribution in [2.24, 2.45) is 0 Å². The van der Waals surface area contributed by atoms with Gasteiger partial charge >= 0.3 is 0 Å². The number of nitrogens with zero attached hydrogens (tertiary/aromatic N) is 1. The molecule has 0 aromatic heterocycles. The number of rotatable bonds is 7. The number of carbonyl (C=O) groups is 1. The van der Waals surface area contributed by atoms with E-state index in [0.717, 1.165) is 21.0 Å². The van der Waals surface area contributed by atoms with Crippen LogP contribution >= 0.6 is 0 Å². The fourth-order valence-electron chi connectivity index (χ4n) is 2.96. The summed E-state index contributed by atoms with van der Waals surface area (Å²) < 4.78 is 38.3. The van der Waals surface area contributed by atoms with Crippen molar-refractivity contribution >= 4 is 21.6 Å². The van der Waals surface area contributed by atoms with E-state index in [-0.39, 0.29) is 10.6 Å². The molecule has 0 N–H and O–H groups in total. The van der Waals surface area contributed by atoms with E-state index in [1.54, 1.807) is 30.3 Å². The molecule has 0 atom stereocenters. The summed E-state index contributed by atoms with van der Waals surface area (Å²) in [6, 6.07) is 18.1. The quantitative estimate of drug-likeness (QED) is 0.545. The Morgan fingerprint density at radius 2 is 1.45 bits per heavy atom. The second kappa shape index (κ2) is 9.22. The number of amides is 1. The Balaban J connectivity index is 1.95. The zero-order chi connectivity index (χ0) is 22.6. The highest BCUT2D eigenvalue weighted by Crippen LogP contribution is 2.27. The summed E-state index contributed by atoms with van der Waals surface area (Å²) in [4.78, 5) is 13.1. The molecule has 0 saturated heterocycles. The summed E-state index contributed by atoms with van der Waals surface area (Å²) in [6.45, 7) is 5.35. The largest absolute Gasteiger partial charge is 0.497 e. The van der Waals surface area contributed by atoms with Crippen molar-refractivity contribution in [3.05, 3.63) is 83.4 Å². The fourth-order valence-corrected chi connectivity index (χ4v) is 4.37. The summed E-state index contributed by atoms with van der Waals surface area (Å²) >= 11 is 0. The summed E-state index contributed by atoms with van der Waals surface area (Å²) in [5.74, 6) is 0.345. The highest BCUT2D eigenvalue weighted by Gasteiger charge is 2.31. The number of benzene rings is 3. The monoisotopic (exact) mass is 439 g/mol. The minimum absolute atomic E-state index is 0.0217. The first-order valence-corrected chi connectivity index (χ1v) is 11.2. The summed E-state index contributed by atoms with van der Waals surface area (Å²) in [5, 5.41) is 0. The van der Waals surface area contributed by atoms with Gasteiger partial charge < -0.3 is 9.47 Å². The molecule has 6 nitrogen and oxygen atoms in total. The van der Waals surface area contributed by atoms with Crippen LogP contribution in [0.15, 0.2) is 71.6 Å². The highest BCUT2D eigenvalue weighted by molar-refractivity contribution is 7.93. The number of sulfonamides is 1. The van der Waals surface area contributed by atoms with E-state index in [1.807, 2.05) is 32.9 Å². The van der Waals surface area contributed by atoms with Crippen LogP contribution in [0.3, 0.4) is 0 Å². The lowest BCUT2D eigenvalue weighted by Crippen LogP contribution is -2.40. The van der Waals surface area contributed by atoms with E-state index in [4.69, 9.17) is 9.47 Å². The Hall–Kier alpha value is -3.32. The van der Waals surface area contributed by atoms with E-state index in [9.17, 15) is 13.2 Å². The van der Waals surface area contributed by atoms with E-state index < -0.39 is 22.5 Å². The Labute approximate surface area is 183 Å². The third-order valence-electron chi connectivity index (χ3n) is 4.93. The van der Waals surface area contributed by atoms with Crippen LogP contribution in [0.4, 0.5) is 5.69 Å². The standard InChI is InChI=1S/C24H25NO5S/c1-17-5-13-23(14-6-17)31(27,28)25(20-8-11-21(29-4)12-9-20)24(26)16-30-22-10-7-18(2)19(3)15-22/h5-15H,16H2,1-4H3. The minimum Gasteiger partial charge on any atom is -0.497 e. The molecule has 1 amide bonds. The van der Waals surface area contributed by atoms with Crippen molar-refractivity contribution in [1.82, 2.24) is 0 Å². The maximum absolute atomic E-state index is 13.4. The van der Waals surface area contributed by atoms with Gasteiger partial charge in [-0.05, 0) is 80.4 Å². The van der Waals surface area contributed by atoms with Gasteiger partial charge in [-0.3, -0.25) is 4.79 Å². The molecule has 0 spiro atoms. The van der Waals surface area contributed by atoms with Crippen LogP contribution in [0.2, 0.25) is 0 Å². The fraction of sp³-hybridized carbons (Fsp3) is 0.208. The van der Waals surface area contributed by atoms with Crippen LogP contribution in [0.1, 0.15) is 16.7 Å². The van der Waals surface area contributed by atoms with Crippen molar-refractivity contribution < 1.29 is 22.7 Å². The number of carbonyl (C=O) groups excluding carboxylic acids is 1. The van der Waals surface area contributed by atoms with Crippen LogP contribution in [-0.2, 0) is 14.8 Å².